The number of aromatic nitrogens is 2. The van der Waals surface area contributed by atoms with E-state index in [1.54, 1.807) is 11.8 Å². The number of H-pyrrole nitrogens is 1. The van der Waals surface area contributed by atoms with Crippen molar-refractivity contribution in [2.24, 2.45) is 5.92 Å². The molecule has 0 saturated carbocycles. The van der Waals surface area contributed by atoms with Crippen molar-refractivity contribution in [1.82, 2.24) is 10.2 Å². The van der Waals surface area contributed by atoms with Gasteiger partial charge in [-0.1, -0.05) is 5.10 Å². The molecule has 1 amide bonds. The molecule has 1 unspecified atom stereocenters. The molecule has 2 heterocycles. The van der Waals surface area contributed by atoms with Gasteiger partial charge in [0.05, 0.1) is 6.07 Å². The Labute approximate surface area is 101 Å². The molecule has 0 spiro atoms. The molecule has 0 bridgehead atoms. The summed E-state index contributed by atoms with van der Waals surface area (Å²) in [6, 6.07) is 1.22. The van der Waals surface area contributed by atoms with Gasteiger partial charge >= 0.3 is 5.82 Å². The minimum atomic E-state index is -0.584. The van der Waals surface area contributed by atoms with Gasteiger partial charge in [-0.3, -0.25) is 4.79 Å². The number of nitrogens with zero attached hydrogens (tertiary/aromatic N) is 2. The maximum absolute atomic E-state index is 11.8. The van der Waals surface area contributed by atoms with Crippen LogP contribution in [0.2, 0.25) is 0 Å². The molecular formula is C9H12N4O3S. The first-order valence-corrected chi connectivity index (χ1v) is 6.40. The topological polar surface area (TPSA) is 101 Å². The zero-order valence-electron chi connectivity index (χ0n) is 9.01. The second-order valence-corrected chi connectivity index (χ2v) is 4.95. The van der Waals surface area contributed by atoms with Gasteiger partial charge in [0.25, 0.3) is 0 Å². The van der Waals surface area contributed by atoms with Crippen LogP contribution in [0, 0.1) is 16.0 Å². The Morgan fingerprint density at radius 1 is 1.71 bits per heavy atom. The van der Waals surface area contributed by atoms with Crippen LogP contribution in [-0.4, -0.2) is 32.5 Å². The Bertz CT molecular complexity index is 428. The number of nitro groups is 1. The quantitative estimate of drug-likeness (QED) is 0.628. The monoisotopic (exact) mass is 256 g/mol. The summed E-state index contributed by atoms with van der Waals surface area (Å²) in [5.41, 5.74) is 0. The third-order valence-corrected chi connectivity index (χ3v) is 3.76. The molecule has 1 saturated heterocycles. The molecule has 1 aromatic heterocycles. The lowest BCUT2D eigenvalue weighted by Gasteiger charge is -2.19. The Hall–Kier alpha value is -1.57. The van der Waals surface area contributed by atoms with E-state index in [-0.39, 0.29) is 23.5 Å². The van der Waals surface area contributed by atoms with E-state index in [1.165, 1.54) is 6.07 Å². The first kappa shape index (κ1) is 11.9. The Morgan fingerprint density at radius 3 is 3.12 bits per heavy atom. The van der Waals surface area contributed by atoms with Crippen molar-refractivity contribution in [2.75, 3.05) is 16.8 Å². The third-order valence-electron chi connectivity index (χ3n) is 2.54. The summed E-state index contributed by atoms with van der Waals surface area (Å²) >= 11 is 1.75. The van der Waals surface area contributed by atoms with E-state index in [4.69, 9.17) is 0 Å². The lowest BCUT2D eigenvalue weighted by atomic mass is 10.0. The number of hydrogen-bond donors (Lipinski definition) is 2. The minimum Gasteiger partial charge on any atom is -0.358 e. The Morgan fingerprint density at radius 2 is 2.53 bits per heavy atom. The molecule has 0 aliphatic carbocycles. The molecule has 1 fully saturated rings. The van der Waals surface area contributed by atoms with Crippen molar-refractivity contribution in [3.63, 3.8) is 0 Å². The van der Waals surface area contributed by atoms with Gasteiger partial charge in [-0.15, -0.1) is 5.10 Å². The van der Waals surface area contributed by atoms with Crippen LogP contribution in [0.4, 0.5) is 11.6 Å². The summed E-state index contributed by atoms with van der Waals surface area (Å²) in [6.45, 7) is 0. The highest BCUT2D eigenvalue weighted by atomic mass is 32.2. The average molecular weight is 256 g/mol. The van der Waals surface area contributed by atoms with E-state index in [0.717, 1.165) is 24.3 Å². The van der Waals surface area contributed by atoms with E-state index < -0.39 is 4.92 Å². The summed E-state index contributed by atoms with van der Waals surface area (Å²) < 4.78 is 0. The molecule has 0 aromatic carbocycles. The maximum atomic E-state index is 11.8. The van der Waals surface area contributed by atoms with E-state index in [9.17, 15) is 14.9 Å². The molecule has 1 aliphatic rings. The van der Waals surface area contributed by atoms with Crippen molar-refractivity contribution in [3.05, 3.63) is 16.2 Å². The molecule has 0 radical (unpaired) electrons. The van der Waals surface area contributed by atoms with Gasteiger partial charge in [0.2, 0.25) is 5.91 Å². The van der Waals surface area contributed by atoms with Crippen molar-refractivity contribution in [2.45, 2.75) is 12.8 Å². The molecule has 2 rings (SSSR count). The van der Waals surface area contributed by atoms with Crippen molar-refractivity contribution >= 4 is 29.3 Å². The van der Waals surface area contributed by atoms with E-state index in [2.05, 4.69) is 15.5 Å². The summed E-state index contributed by atoms with van der Waals surface area (Å²) in [7, 11) is 0. The number of anilines is 1. The van der Waals surface area contributed by atoms with Crippen LogP contribution in [0.15, 0.2) is 6.07 Å². The van der Waals surface area contributed by atoms with Crippen LogP contribution in [0.3, 0.4) is 0 Å². The first-order chi connectivity index (χ1) is 8.16. The number of aromatic amines is 1. The second kappa shape index (κ2) is 5.17. The Balaban J connectivity index is 1.94. The van der Waals surface area contributed by atoms with Gasteiger partial charge in [-0.05, 0) is 23.5 Å². The molecule has 17 heavy (non-hydrogen) atoms. The fourth-order valence-corrected chi connectivity index (χ4v) is 2.78. The lowest BCUT2D eigenvalue weighted by Crippen LogP contribution is -2.27. The highest BCUT2D eigenvalue weighted by Gasteiger charge is 2.22. The zero-order valence-corrected chi connectivity index (χ0v) is 9.83. The van der Waals surface area contributed by atoms with Crippen LogP contribution in [-0.2, 0) is 4.79 Å². The lowest BCUT2D eigenvalue weighted by molar-refractivity contribution is -0.389. The van der Waals surface area contributed by atoms with Gasteiger partial charge in [-0.2, -0.15) is 11.8 Å². The van der Waals surface area contributed by atoms with Gasteiger partial charge < -0.3 is 15.4 Å². The van der Waals surface area contributed by atoms with Crippen LogP contribution in [0.5, 0.6) is 0 Å². The standard InChI is InChI=1S/C9H12N4O3S/c14-9(6-2-1-3-17-5-6)10-7-4-8(12-11-7)13(15)16/h4,6H,1-3,5H2,(H2,10,11,12,14). The predicted molar refractivity (Wildman–Crippen MR) is 63.9 cm³/mol. The zero-order chi connectivity index (χ0) is 12.3. The SMILES string of the molecule is O=C(Nc1cc([N+](=O)[O-])[nH]n1)C1CCCSC1. The van der Waals surface area contributed by atoms with Gasteiger partial charge in [0.1, 0.15) is 0 Å². The fraction of sp³-hybridized carbons (Fsp3) is 0.556. The predicted octanol–water partition coefficient (Wildman–Crippen LogP) is 1.40. The molecule has 2 N–H and O–H groups in total. The number of carbonyl (C=O) groups excluding carboxylic acids is 1. The normalized spacial score (nSPS) is 19.9. The van der Waals surface area contributed by atoms with Gasteiger partial charge in [-0.25, -0.2) is 0 Å². The van der Waals surface area contributed by atoms with E-state index >= 15 is 0 Å². The number of amides is 1. The number of hydrogen-bond acceptors (Lipinski definition) is 5. The molecule has 1 aromatic rings. The second-order valence-electron chi connectivity index (χ2n) is 3.80. The largest absolute Gasteiger partial charge is 0.358 e. The summed E-state index contributed by atoms with van der Waals surface area (Å²) in [5, 5.41) is 18.9. The molecule has 1 aliphatic heterocycles. The Kier molecular flexibility index (Phi) is 3.62. The number of carbonyl (C=O) groups is 1. The van der Waals surface area contributed by atoms with Crippen LogP contribution in [0.25, 0.3) is 0 Å². The average Bonchev–Trinajstić information content (AvgIpc) is 2.79. The first-order valence-electron chi connectivity index (χ1n) is 5.25. The van der Waals surface area contributed by atoms with Crippen LogP contribution < -0.4 is 5.32 Å². The third kappa shape index (κ3) is 2.96. The number of nitrogens with one attached hydrogen (secondary N) is 2. The number of thioether (sulfide) groups is 1. The number of rotatable bonds is 3. The van der Waals surface area contributed by atoms with Gasteiger partial charge in [0, 0.05) is 11.7 Å². The summed E-state index contributed by atoms with van der Waals surface area (Å²) in [5.74, 6) is 1.74. The van der Waals surface area contributed by atoms with Crippen molar-refractivity contribution in [3.8, 4) is 0 Å². The molecule has 7 nitrogen and oxygen atoms in total. The maximum Gasteiger partial charge on any atom is 0.344 e. The summed E-state index contributed by atoms with van der Waals surface area (Å²) in [6.07, 6.45) is 1.90. The fourth-order valence-electron chi connectivity index (χ4n) is 1.64. The van der Waals surface area contributed by atoms with Crippen LogP contribution in [0.1, 0.15) is 12.8 Å². The van der Waals surface area contributed by atoms with Crippen molar-refractivity contribution < 1.29 is 9.72 Å². The molecule has 8 heteroatoms. The van der Waals surface area contributed by atoms with Crippen molar-refractivity contribution in [1.29, 1.82) is 0 Å². The molecular weight excluding hydrogens is 244 g/mol. The minimum absolute atomic E-state index is 0.0236. The highest BCUT2D eigenvalue weighted by molar-refractivity contribution is 7.99. The van der Waals surface area contributed by atoms with Gasteiger partial charge in [0.15, 0.2) is 5.82 Å². The summed E-state index contributed by atoms with van der Waals surface area (Å²) in [4.78, 5) is 21.6. The smallest absolute Gasteiger partial charge is 0.344 e. The molecule has 1 atom stereocenters. The van der Waals surface area contributed by atoms with Crippen LogP contribution >= 0.6 is 11.8 Å². The van der Waals surface area contributed by atoms with E-state index in [1.807, 2.05) is 0 Å². The highest BCUT2D eigenvalue weighted by Crippen LogP contribution is 2.24. The molecule has 92 valence electrons. The van der Waals surface area contributed by atoms with E-state index in [0.29, 0.717) is 0 Å².